The molecule has 0 aliphatic heterocycles. The highest BCUT2D eigenvalue weighted by atomic mass is 35.5. The quantitative estimate of drug-likeness (QED) is 0.592. The summed E-state index contributed by atoms with van der Waals surface area (Å²) in [6.45, 7) is 0.751. The van der Waals surface area contributed by atoms with Crippen molar-refractivity contribution < 1.29 is 0 Å². The van der Waals surface area contributed by atoms with E-state index >= 15 is 0 Å². The maximum atomic E-state index is 5.90. The molecule has 2 rings (SSSR count). The number of halogens is 1. The highest BCUT2D eigenvalue weighted by Gasteiger charge is 2.20. The van der Waals surface area contributed by atoms with Crippen molar-refractivity contribution in [3.63, 3.8) is 0 Å². The molecule has 2 nitrogen and oxygen atoms in total. The monoisotopic (exact) mass is 278 g/mol. The van der Waals surface area contributed by atoms with Crippen molar-refractivity contribution in [2.24, 2.45) is 10.9 Å². The van der Waals surface area contributed by atoms with Gasteiger partial charge in [-0.15, -0.1) is 0 Å². The summed E-state index contributed by atoms with van der Waals surface area (Å²) in [6.07, 6.45) is 6.65. The fourth-order valence-electron chi connectivity index (χ4n) is 2.76. The number of hydrogen-bond donors (Lipinski definition) is 0. The lowest BCUT2D eigenvalue weighted by Gasteiger charge is -2.28. The van der Waals surface area contributed by atoms with E-state index in [1.807, 2.05) is 12.1 Å². The number of aliphatic imine (C=N–C) groups is 1. The SMILES string of the molecule is CN(C)C(=NCc1ccc(Cl)cc1)C1CCCCC1. The molecule has 0 heterocycles. The molecule has 0 N–H and O–H groups in total. The zero-order valence-corrected chi connectivity index (χ0v) is 12.7. The average molecular weight is 279 g/mol. The van der Waals surface area contributed by atoms with Crippen molar-refractivity contribution in [3.05, 3.63) is 34.9 Å². The number of rotatable bonds is 3. The lowest BCUT2D eigenvalue weighted by Crippen LogP contribution is -2.31. The maximum absolute atomic E-state index is 5.90. The van der Waals surface area contributed by atoms with Crippen LogP contribution in [0, 0.1) is 5.92 Å². The fraction of sp³-hybridized carbons (Fsp3) is 0.562. The van der Waals surface area contributed by atoms with Crippen LogP contribution in [0.5, 0.6) is 0 Å². The first-order valence-electron chi connectivity index (χ1n) is 7.13. The van der Waals surface area contributed by atoms with E-state index in [-0.39, 0.29) is 0 Å². The van der Waals surface area contributed by atoms with Gasteiger partial charge in [-0.05, 0) is 30.5 Å². The molecule has 0 saturated heterocycles. The summed E-state index contributed by atoms with van der Waals surface area (Å²) in [5.74, 6) is 1.91. The number of benzene rings is 1. The normalized spacial score (nSPS) is 17.5. The predicted octanol–water partition coefficient (Wildman–Crippen LogP) is 4.38. The Morgan fingerprint density at radius 2 is 1.79 bits per heavy atom. The zero-order valence-electron chi connectivity index (χ0n) is 11.9. The Hall–Kier alpha value is -1.02. The van der Waals surface area contributed by atoms with Crippen LogP contribution in [0.4, 0.5) is 0 Å². The summed E-state index contributed by atoms with van der Waals surface area (Å²) in [5, 5.41) is 0.785. The summed E-state index contributed by atoms with van der Waals surface area (Å²) in [7, 11) is 4.21. The van der Waals surface area contributed by atoms with Gasteiger partial charge in [0.05, 0.1) is 6.54 Å². The first-order chi connectivity index (χ1) is 9.16. The third-order valence-electron chi connectivity index (χ3n) is 3.77. The van der Waals surface area contributed by atoms with Crippen LogP contribution in [0.25, 0.3) is 0 Å². The van der Waals surface area contributed by atoms with E-state index in [2.05, 4.69) is 31.1 Å². The minimum absolute atomic E-state index is 0.649. The lowest BCUT2D eigenvalue weighted by atomic mass is 9.88. The zero-order chi connectivity index (χ0) is 13.7. The van der Waals surface area contributed by atoms with E-state index in [0.29, 0.717) is 5.92 Å². The molecular weight excluding hydrogens is 256 g/mol. The van der Waals surface area contributed by atoms with Gasteiger partial charge >= 0.3 is 0 Å². The van der Waals surface area contributed by atoms with Crippen LogP contribution in [0.15, 0.2) is 29.3 Å². The third-order valence-corrected chi connectivity index (χ3v) is 4.02. The Balaban J connectivity index is 2.05. The fourth-order valence-corrected chi connectivity index (χ4v) is 2.88. The molecule has 0 aromatic heterocycles. The van der Waals surface area contributed by atoms with E-state index in [9.17, 15) is 0 Å². The van der Waals surface area contributed by atoms with Crippen molar-refractivity contribution in [2.45, 2.75) is 38.6 Å². The summed E-state index contributed by atoms with van der Waals surface area (Å²) in [6, 6.07) is 7.98. The van der Waals surface area contributed by atoms with Crippen LogP contribution in [0.2, 0.25) is 5.02 Å². The second-order valence-electron chi connectivity index (χ2n) is 5.53. The minimum Gasteiger partial charge on any atom is -0.366 e. The van der Waals surface area contributed by atoms with E-state index < -0.39 is 0 Å². The van der Waals surface area contributed by atoms with Gasteiger partial charge < -0.3 is 4.90 Å². The first kappa shape index (κ1) is 14.4. The van der Waals surface area contributed by atoms with Crippen LogP contribution in [-0.4, -0.2) is 24.8 Å². The second kappa shape index (κ2) is 6.95. The second-order valence-corrected chi connectivity index (χ2v) is 5.97. The highest BCUT2D eigenvalue weighted by molar-refractivity contribution is 6.30. The van der Waals surface area contributed by atoms with Gasteiger partial charge in [-0.25, -0.2) is 0 Å². The summed E-state index contributed by atoms with van der Waals surface area (Å²) >= 11 is 5.90. The molecule has 0 unspecified atom stereocenters. The Bertz CT molecular complexity index is 417. The van der Waals surface area contributed by atoms with Crippen molar-refractivity contribution in [3.8, 4) is 0 Å². The van der Waals surface area contributed by atoms with Crippen LogP contribution >= 0.6 is 11.6 Å². The summed E-state index contributed by atoms with van der Waals surface area (Å²) in [5.41, 5.74) is 1.22. The molecule has 1 saturated carbocycles. The molecule has 0 spiro atoms. The summed E-state index contributed by atoms with van der Waals surface area (Å²) < 4.78 is 0. The van der Waals surface area contributed by atoms with Gasteiger partial charge in [-0.2, -0.15) is 0 Å². The molecule has 3 heteroatoms. The maximum Gasteiger partial charge on any atom is 0.102 e. The van der Waals surface area contributed by atoms with E-state index in [1.165, 1.54) is 43.5 Å². The van der Waals surface area contributed by atoms with Gasteiger partial charge in [0.1, 0.15) is 5.84 Å². The highest BCUT2D eigenvalue weighted by Crippen LogP contribution is 2.26. The molecule has 104 valence electrons. The van der Waals surface area contributed by atoms with E-state index in [4.69, 9.17) is 16.6 Å². The molecule has 0 radical (unpaired) electrons. The molecule has 1 aromatic carbocycles. The number of amidine groups is 1. The molecule has 19 heavy (non-hydrogen) atoms. The van der Waals surface area contributed by atoms with Crippen molar-refractivity contribution in [1.82, 2.24) is 4.90 Å². The van der Waals surface area contributed by atoms with Crippen molar-refractivity contribution >= 4 is 17.4 Å². The molecule has 1 aromatic rings. The topological polar surface area (TPSA) is 15.6 Å². The van der Waals surface area contributed by atoms with Gasteiger partial charge in [-0.3, -0.25) is 4.99 Å². The third kappa shape index (κ3) is 4.24. The van der Waals surface area contributed by atoms with E-state index in [1.54, 1.807) is 0 Å². The predicted molar refractivity (Wildman–Crippen MR) is 82.9 cm³/mol. The number of hydrogen-bond acceptors (Lipinski definition) is 1. The van der Waals surface area contributed by atoms with Gasteiger partial charge in [0, 0.05) is 25.0 Å². The van der Waals surface area contributed by atoms with Crippen LogP contribution < -0.4 is 0 Å². The van der Waals surface area contributed by atoms with Crippen LogP contribution in [0.1, 0.15) is 37.7 Å². The molecule has 0 bridgehead atoms. The van der Waals surface area contributed by atoms with Gasteiger partial charge in [0.25, 0.3) is 0 Å². The lowest BCUT2D eigenvalue weighted by molar-refractivity contribution is 0.406. The molecule has 1 fully saturated rings. The van der Waals surface area contributed by atoms with Gasteiger partial charge in [0.2, 0.25) is 0 Å². The Morgan fingerprint density at radius 1 is 1.16 bits per heavy atom. The van der Waals surface area contributed by atoms with Crippen molar-refractivity contribution in [1.29, 1.82) is 0 Å². The van der Waals surface area contributed by atoms with Gasteiger partial charge in [-0.1, -0.05) is 43.0 Å². The molecule has 0 atom stereocenters. The standard InChI is InChI=1S/C16H23ClN2/c1-19(2)16(14-6-4-3-5-7-14)18-12-13-8-10-15(17)11-9-13/h8-11,14H,3-7,12H2,1-2H3. The largest absolute Gasteiger partial charge is 0.366 e. The van der Waals surface area contributed by atoms with Gasteiger partial charge in [0.15, 0.2) is 0 Å². The molecule has 1 aliphatic rings. The summed E-state index contributed by atoms with van der Waals surface area (Å²) in [4.78, 5) is 7.03. The molecule has 0 amide bonds. The Labute approximate surface area is 121 Å². The average Bonchev–Trinajstić information content (AvgIpc) is 2.42. The number of nitrogens with zero attached hydrogens (tertiary/aromatic N) is 2. The van der Waals surface area contributed by atoms with Crippen LogP contribution in [0.3, 0.4) is 0 Å². The van der Waals surface area contributed by atoms with Crippen LogP contribution in [-0.2, 0) is 6.54 Å². The van der Waals surface area contributed by atoms with E-state index in [0.717, 1.165) is 11.6 Å². The first-order valence-corrected chi connectivity index (χ1v) is 7.50. The minimum atomic E-state index is 0.649. The molecular formula is C16H23ClN2. The van der Waals surface area contributed by atoms with Crippen molar-refractivity contribution in [2.75, 3.05) is 14.1 Å². The Kier molecular flexibility index (Phi) is 5.26. The smallest absolute Gasteiger partial charge is 0.102 e. The molecule has 1 aliphatic carbocycles. The Morgan fingerprint density at radius 3 is 2.37 bits per heavy atom.